The van der Waals surface area contributed by atoms with Gasteiger partial charge in [0.25, 0.3) is 0 Å². The Morgan fingerprint density at radius 3 is 2.29 bits per heavy atom. The standard InChI is InChI=1S/C19H19NO4/c1-3-24-19(22)17(18(21)14-7-5-4-6-8-14)13-20-15-9-11-16(23-2)12-10-15/h4-13,20H,3H2,1-2H3. The summed E-state index contributed by atoms with van der Waals surface area (Å²) < 4.78 is 10.1. The van der Waals surface area contributed by atoms with Gasteiger partial charge in [-0.3, -0.25) is 4.79 Å². The van der Waals surface area contributed by atoms with E-state index in [4.69, 9.17) is 9.47 Å². The number of ketones is 1. The van der Waals surface area contributed by atoms with Gasteiger partial charge in [0.2, 0.25) is 5.78 Å². The molecule has 24 heavy (non-hydrogen) atoms. The molecule has 0 heterocycles. The number of methoxy groups -OCH3 is 1. The minimum atomic E-state index is -0.660. The first-order valence-corrected chi connectivity index (χ1v) is 7.53. The Bertz CT molecular complexity index is 721. The normalized spacial score (nSPS) is 10.8. The van der Waals surface area contributed by atoms with Gasteiger partial charge in [0.05, 0.1) is 13.7 Å². The molecule has 0 aliphatic heterocycles. The van der Waals surface area contributed by atoms with Crippen LogP contribution in [0.3, 0.4) is 0 Å². The number of Topliss-reactive ketones (excluding diaryl/α,β-unsaturated/α-hetero) is 1. The molecule has 0 saturated heterocycles. The Hall–Kier alpha value is -3.08. The molecule has 0 aliphatic rings. The second kappa shape index (κ2) is 8.53. The average molecular weight is 325 g/mol. The molecule has 5 heteroatoms. The molecule has 0 aliphatic carbocycles. The summed E-state index contributed by atoms with van der Waals surface area (Å²) in [5, 5.41) is 2.95. The van der Waals surface area contributed by atoms with Crippen LogP contribution in [0.2, 0.25) is 0 Å². The van der Waals surface area contributed by atoms with E-state index in [0.717, 1.165) is 11.4 Å². The Balaban J connectivity index is 2.24. The zero-order chi connectivity index (χ0) is 17.4. The second-order valence-corrected chi connectivity index (χ2v) is 4.85. The van der Waals surface area contributed by atoms with Crippen molar-refractivity contribution in [2.45, 2.75) is 6.92 Å². The molecule has 2 aromatic rings. The number of carbonyl (C=O) groups is 2. The van der Waals surface area contributed by atoms with Gasteiger partial charge in [-0.15, -0.1) is 0 Å². The molecule has 0 aromatic heterocycles. The van der Waals surface area contributed by atoms with Crippen LogP contribution in [-0.4, -0.2) is 25.5 Å². The lowest BCUT2D eigenvalue weighted by atomic mass is 10.0. The third-order valence-corrected chi connectivity index (χ3v) is 3.25. The number of hydrogen-bond donors (Lipinski definition) is 1. The van der Waals surface area contributed by atoms with Crippen LogP contribution in [0.25, 0.3) is 0 Å². The van der Waals surface area contributed by atoms with Gasteiger partial charge in [-0.1, -0.05) is 30.3 Å². The van der Waals surface area contributed by atoms with Crippen molar-refractivity contribution in [3.8, 4) is 5.75 Å². The van der Waals surface area contributed by atoms with Crippen molar-refractivity contribution >= 4 is 17.4 Å². The summed E-state index contributed by atoms with van der Waals surface area (Å²) in [6.45, 7) is 1.89. The van der Waals surface area contributed by atoms with Gasteiger partial charge in [0, 0.05) is 17.5 Å². The number of benzene rings is 2. The first-order chi connectivity index (χ1) is 11.7. The summed E-state index contributed by atoms with van der Waals surface area (Å²) >= 11 is 0. The van der Waals surface area contributed by atoms with Crippen molar-refractivity contribution in [1.29, 1.82) is 0 Å². The van der Waals surface area contributed by atoms with E-state index >= 15 is 0 Å². The third-order valence-electron chi connectivity index (χ3n) is 3.25. The van der Waals surface area contributed by atoms with E-state index in [0.29, 0.717) is 5.56 Å². The summed E-state index contributed by atoms with van der Waals surface area (Å²) in [5.41, 5.74) is 1.09. The predicted octanol–water partition coefficient (Wildman–Crippen LogP) is 3.44. The van der Waals surface area contributed by atoms with Crippen molar-refractivity contribution in [3.63, 3.8) is 0 Å². The first kappa shape index (κ1) is 17.3. The first-order valence-electron chi connectivity index (χ1n) is 7.53. The molecular formula is C19H19NO4. The van der Waals surface area contributed by atoms with Crippen LogP contribution in [0.4, 0.5) is 5.69 Å². The highest BCUT2D eigenvalue weighted by Crippen LogP contribution is 2.16. The van der Waals surface area contributed by atoms with Crippen molar-refractivity contribution in [2.24, 2.45) is 0 Å². The molecule has 5 nitrogen and oxygen atoms in total. The van der Waals surface area contributed by atoms with E-state index in [1.165, 1.54) is 6.20 Å². The van der Waals surface area contributed by atoms with Crippen molar-refractivity contribution < 1.29 is 19.1 Å². The van der Waals surface area contributed by atoms with E-state index in [2.05, 4.69) is 5.32 Å². The van der Waals surface area contributed by atoms with Crippen molar-refractivity contribution in [1.82, 2.24) is 0 Å². The fourth-order valence-corrected chi connectivity index (χ4v) is 2.01. The Morgan fingerprint density at radius 1 is 1.04 bits per heavy atom. The quantitative estimate of drug-likeness (QED) is 0.278. The molecule has 0 saturated carbocycles. The zero-order valence-electron chi connectivity index (χ0n) is 13.6. The Labute approximate surface area is 140 Å². The third kappa shape index (κ3) is 4.46. The smallest absolute Gasteiger partial charge is 0.343 e. The SMILES string of the molecule is CCOC(=O)C(=CNc1ccc(OC)cc1)C(=O)c1ccccc1. The van der Waals surface area contributed by atoms with Gasteiger partial charge in [-0.05, 0) is 31.2 Å². The predicted molar refractivity (Wildman–Crippen MR) is 92.1 cm³/mol. The molecule has 0 radical (unpaired) electrons. The van der Waals surface area contributed by atoms with Crippen LogP contribution in [0.1, 0.15) is 17.3 Å². The maximum Gasteiger partial charge on any atom is 0.343 e. The number of nitrogens with one attached hydrogen (secondary N) is 1. The molecular weight excluding hydrogens is 306 g/mol. The number of ether oxygens (including phenoxy) is 2. The lowest BCUT2D eigenvalue weighted by molar-refractivity contribution is -0.138. The molecule has 0 amide bonds. The highest BCUT2D eigenvalue weighted by molar-refractivity contribution is 6.24. The maximum absolute atomic E-state index is 12.6. The van der Waals surface area contributed by atoms with Gasteiger partial charge in [-0.2, -0.15) is 0 Å². The lowest BCUT2D eigenvalue weighted by Crippen LogP contribution is -2.17. The van der Waals surface area contributed by atoms with Crippen LogP contribution in [-0.2, 0) is 9.53 Å². The molecule has 1 N–H and O–H groups in total. The van der Waals surface area contributed by atoms with Crippen molar-refractivity contribution in [2.75, 3.05) is 19.0 Å². The summed E-state index contributed by atoms with van der Waals surface area (Å²) in [6.07, 6.45) is 1.37. The summed E-state index contributed by atoms with van der Waals surface area (Å²) in [7, 11) is 1.58. The van der Waals surface area contributed by atoms with Gasteiger partial charge in [0.1, 0.15) is 11.3 Å². The Kier molecular flexibility index (Phi) is 6.14. The highest BCUT2D eigenvalue weighted by Gasteiger charge is 2.21. The monoisotopic (exact) mass is 325 g/mol. The number of esters is 1. The fourth-order valence-electron chi connectivity index (χ4n) is 2.01. The van der Waals surface area contributed by atoms with E-state index < -0.39 is 11.8 Å². The molecule has 0 unspecified atom stereocenters. The van der Waals surface area contributed by atoms with Crippen molar-refractivity contribution in [3.05, 3.63) is 71.9 Å². The fraction of sp³-hybridized carbons (Fsp3) is 0.158. The van der Waals surface area contributed by atoms with Crippen LogP contribution in [0, 0.1) is 0 Å². The minimum absolute atomic E-state index is 0.0566. The topological polar surface area (TPSA) is 64.6 Å². The van der Waals surface area contributed by atoms with Gasteiger partial charge in [-0.25, -0.2) is 4.79 Å². The molecule has 124 valence electrons. The molecule has 2 aromatic carbocycles. The summed E-state index contributed by atoms with van der Waals surface area (Å²) in [6, 6.07) is 15.7. The van der Waals surface area contributed by atoms with Crippen LogP contribution in [0.15, 0.2) is 66.4 Å². The Morgan fingerprint density at radius 2 is 1.71 bits per heavy atom. The van der Waals surface area contributed by atoms with Gasteiger partial charge >= 0.3 is 5.97 Å². The number of carbonyl (C=O) groups excluding carboxylic acids is 2. The van der Waals surface area contributed by atoms with E-state index in [-0.39, 0.29) is 12.2 Å². The largest absolute Gasteiger partial charge is 0.497 e. The highest BCUT2D eigenvalue weighted by atomic mass is 16.5. The zero-order valence-corrected chi connectivity index (χ0v) is 13.6. The molecule has 0 bridgehead atoms. The maximum atomic E-state index is 12.6. The van der Waals surface area contributed by atoms with Crippen LogP contribution >= 0.6 is 0 Å². The lowest BCUT2D eigenvalue weighted by Gasteiger charge is -2.08. The number of hydrogen-bond acceptors (Lipinski definition) is 5. The molecule has 0 spiro atoms. The van der Waals surface area contributed by atoms with Gasteiger partial charge < -0.3 is 14.8 Å². The minimum Gasteiger partial charge on any atom is -0.497 e. The number of anilines is 1. The molecule has 0 atom stereocenters. The number of rotatable bonds is 7. The second-order valence-electron chi connectivity index (χ2n) is 4.85. The van der Waals surface area contributed by atoms with E-state index in [1.807, 2.05) is 0 Å². The van der Waals surface area contributed by atoms with E-state index in [1.54, 1.807) is 68.6 Å². The summed E-state index contributed by atoms with van der Waals surface area (Å²) in [4.78, 5) is 24.7. The average Bonchev–Trinajstić information content (AvgIpc) is 2.63. The summed E-state index contributed by atoms with van der Waals surface area (Å²) in [5.74, 6) is -0.335. The molecule has 0 fully saturated rings. The van der Waals surface area contributed by atoms with Gasteiger partial charge in [0.15, 0.2) is 0 Å². The van der Waals surface area contributed by atoms with Crippen LogP contribution < -0.4 is 10.1 Å². The molecule has 2 rings (SSSR count). The van der Waals surface area contributed by atoms with E-state index in [9.17, 15) is 9.59 Å². The van der Waals surface area contributed by atoms with Crippen LogP contribution in [0.5, 0.6) is 5.75 Å².